The van der Waals surface area contributed by atoms with Crippen LogP contribution in [-0.4, -0.2) is 35.7 Å². The number of H-pyrrole nitrogens is 1. The van der Waals surface area contributed by atoms with E-state index in [-0.39, 0.29) is 5.56 Å². The number of aromatic nitrogens is 1. The smallest absolute Gasteiger partial charge is 0.272 e. The zero-order chi connectivity index (χ0) is 23.1. The lowest BCUT2D eigenvalue weighted by molar-refractivity contribution is -0.119. The van der Waals surface area contributed by atoms with Gasteiger partial charge in [0, 0.05) is 29.1 Å². The van der Waals surface area contributed by atoms with Crippen molar-refractivity contribution in [1.82, 2.24) is 10.3 Å². The number of aryl methyl sites for hydroxylation is 1. The van der Waals surface area contributed by atoms with Crippen LogP contribution in [-0.2, 0) is 4.79 Å². The van der Waals surface area contributed by atoms with Crippen LogP contribution in [0.25, 0.3) is 10.9 Å². The van der Waals surface area contributed by atoms with E-state index < -0.39 is 23.8 Å². The molecule has 1 atom stereocenters. The summed E-state index contributed by atoms with van der Waals surface area (Å²) in [5.41, 5.74) is 3.96. The van der Waals surface area contributed by atoms with Gasteiger partial charge in [-0.15, -0.1) is 0 Å². The van der Waals surface area contributed by atoms with Gasteiger partial charge in [-0.25, -0.2) is 9.38 Å². The fourth-order valence-electron chi connectivity index (χ4n) is 4.05. The maximum Gasteiger partial charge on any atom is 0.272 e. The predicted octanol–water partition coefficient (Wildman–Crippen LogP) is 4.19. The summed E-state index contributed by atoms with van der Waals surface area (Å²) in [5.74, 6) is -1.36. The second kappa shape index (κ2) is 8.02. The first-order chi connectivity index (χ1) is 15.9. The topological polar surface area (TPSA) is 77.6 Å². The van der Waals surface area contributed by atoms with E-state index in [4.69, 9.17) is 0 Å². The Labute approximate surface area is 189 Å². The number of hydrogen-bond donors (Lipinski definition) is 2. The molecule has 2 amide bonds. The highest BCUT2D eigenvalue weighted by atomic mass is 19.1. The number of likely N-dealkylation sites (N-methyl/N-ethyl adjacent to an activating group) is 1. The van der Waals surface area contributed by atoms with Gasteiger partial charge in [0.25, 0.3) is 11.8 Å². The normalized spacial score (nSPS) is 15.7. The van der Waals surface area contributed by atoms with Crippen LogP contribution in [0.3, 0.4) is 0 Å². The Hall–Kier alpha value is -4.26. The molecule has 0 spiro atoms. The summed E-state index contributed by atoms with van der Waals surface area (Å²) < 4.78 is 14.7. The average molecular weight is 440 g/mol. The number of aliphatic imine (C=N–C) groups is 1. The number of para-hydroxylation sites is 1. The number of nitrogens with zero attached hydrogens (tertiary/aromatic N) is 2. The molecule has 164 valence electrons. The van der Waals surface area contributed by atoms with Gasteiger partial charge in [-0.2, -0.15) is 0 Å². The summed E-state index contributed by atoms with van der Waals surface area (Å²) in [4.78, 5) is 35.4. The Morgan fingerprint density at radius 3 is 2.55 bits per heavy atom. The quantitative estimate of drug-likeness (QED) is 0.501. The third-order valence-electron chi connectivity index (χ3n) is 5.76. The molecule has 0 radical (unpaired) electrons. The first kappa shape index (κ1) is 20.6. The van der Waals surface area contributed by atoms with Gasteiger partial charge < -0.3 is 15.2 Å². The van der Waals surface area contributed by atoms with Crippen LogP contribution in [0.15, 0.2) is 77.8 Å². The Morgan fingerprint density at radius 1 is 1.03 bits per heavy atom. The van der Waals surface area contributed by atoms with E-state index in [1.54, 1.807) is 55.6 Å². The zero-order valence-corrected chi connectivity index (χ0v) is 18.1. The van der Waals surface area contributed by atoms with Crippen molar-refractivity contribution >= 4 is 34.1 Å². The third kappa shape index (κ3) is 3.67. The summed E-state index contributed by atoms with van der Waals surface area (Å²) in [5, 5.41) is 3.60. The van der Waals surface area contributed by atoms with Crippen molar-refractivity contribution in [2.24, 2.45) is 4.99 Å². The van der Waals surface area contributed by atoms with Crippen LogP contribution >= 0.6 is 0 Å². The Kier molecular flexibility index (Phi) is 5.01. The predicted molar refractivity (Wildman–Crippen MR) is 126 cm³/mol. The SMILES string of the molecule is Cc1ccc2cc(C(=O)NC3N=C(c4ccccc4F)c4ccccc4N(C)C3=O)[nH]c2c1. The second-order valence-corrected chi connectivity index (χ2v) is 8.02. The van der Waals surface area contributed by atoms with Gasteiger partial charge in [0.1, 0.15) is 11.5 Å². The minimum absolute atomic E-state index is 0.258. The molecule has 3 aromatic carbocycles. The summed E-state index contributed by atoms with van der Waals surface area (Å²) in [6, 6.07) is 21.0. The van der Waals surface area contributed by atoms with Crippen molar-refractivity contribution in [2.45, 2.75) is 13.1 Å². The van der Waals surface area contributed by atoms with E-state index >= 15 is 0 Å². The molecule has 0 saturated heterocycles. The maximum atomic E-state index is 14.7. The van der Waals surface area contributed by atoms with Crippen molar-refractivity contribution in [3.8, 4) is 0 Å². The molecule has 2 N–H and O–H groups in total. The summed E-state index contributed by atoms with van der Waals surface area (Å²) in [6.45, 7) is 1.97. The zero-order valence-electron chi connectivity index (χ0n) is 18.1. The van der Waals surface area contributed by atoms with Gasteiger partial charge in [0.15, 0.2) is 0 Å². The van der Waals surface area contributed by atoms with Gasteiger partial charge in [-0.05, 0) is 42.8 Å². The molecule has 33 heavy (non-hydrogen) atoms. The molecule has 0 bridgehead atoms. The van der Waals surface area contributed by atoms with Crippen LogP contribution in [0.4, 0.5) is 10.1 Å². The van der Waals surface area contributed by atoms with Crippen molar-refractivity contribution < 1.29 is 14.0 Å². The second-order valence-electron chi connectivity index (χ2n) is 8.02. The van der Waals surface area contributed by atoms with Crippen LogP contribution < -0.4 is 10.2 Å². The lowest BCUT2D eigenvalue weighted by Crippen LogP contribution is -2.46. The molecule has 6 nitrogen and oxygen atoms in total. The molecule has 5 rings (SSSR count). The molecule has 7 heteroatoms. The van der Waals surface area contributed by atoms with Crippen LogP contribution in [0, 0.1) is 12.7 Å². The monoisotopic (exact) mass is 440 g/mol. The van der Waals surface area contributed by atoms with Crippen molar-refractivity contribution in [3.05, 3.63) is 101 Å². The number of amides is 2. The largest absolute Gasteiger partial charge is 0.351 e. The number of benzodiazepines with no additional fused rings is 1. The number of halogens is 1. The van der Waals surface area contributed by atoms with E-state index in [0.29, 0.717) is 22.7 Å². The summed E-state index contributed by atoms with van der Waals surface area (Å²) in [6.07, 6.45) is -1.22. The van der Waals surface area contributed by atoms with Gasteiger partial charge in [0.2, 0.25) is 6.17 Å². The molecule has 1 unspecified atom stereocenters. The van der Waals surface area contributed by atoms with Crippen molar-refractivity contribution in [2.75, 3.05) is 11.9 Å². The van der Waals surface area contributed by atoms with E-state index in [9.17, 15) is 14.0 Å². The number of anilines is 1. The average Bonchev–Trinajstić information content (AvgIpc) is 3.21. The van der Waals surface area contributed by atoms with Crippen LogP contribution in [0.2, 0.25) is 0 Å². The molecule has 0 fully saturated rings. The number of aromatic amines is 1. The molecular weight excluding hydrogens is 419 g/mol. The number of carbonyl (C=O) groups is 2. The first-order valence-electron chi connectivity index (χ1n) is 10.5. The van der Waals surface area contributed by atoms with Gasteiger partial charge in [-0.1, -0.05) is 42.5 Å². The highest BCUT2D eigenvalue weighted by Crippen LogP contribution is 2.28. The lowest BCUT2D eigenvalue weighted by atomic mass is 10.00. The Morgan fingerprint density at radius 2 is 1.76 bits per heavy atom. The van der Waals surface area contributed by atoms with Crippen LogP contribution in [0.5, 0.6) is 0 Å². The summed E-state index contributed by atoms with van der Waals surface area (Å²) in [7, 11) is 1.62. The highest BCUT2D eigenvalue weighted by Gasteiger charge is 2.32. The number of hydrogen-bond acceptors (Lipinski definition) is 3. The van der Waals surface area contributed by atoms with Crippen molar-refractivity contribution in [3.63, 3.8) is 0 Å². The van der Waals surface area contributed by atoms with E-state index in [0.717, 1.165) is 16.5 Å². The lowest BCUT2D eigenvalue weighted by Gasteiger charge is -2.20. The summed E-state index contributed by atoms with van der Waals surface area (Å²) >= 11 is 0. The molecular formula is C26H21FN4O2. The molecule has 1 aliphatic heterocycles. The van der Waals surface area contributed by atoms with Crippen molar-refractivity contribution in [1.29, 1.82) is 0 Å². The standard InChI is InChI=1S/C26H21FN4O2/c1-15-11-12-16-14-21(28-20(16)13-15)25(32)30-24-26(33)31(2)22-10-6-4-8-18(22)23(29-24)17-7-3-5-9-19(17)27/h3-14,24,28H,1-2H3,(H,30,32). The molecule has 1 aliphatic rings. The van der Waals surface area contributed by atoms with Gasteiger partial charge in [0.05, 0.1) is 11.4 Å². The minimum Gasteiger partial charge on any atom is -0.351 e. The molecule has 4 aromatic rings. The number of carbonyl (C=O) groups excluding carboxylic acids is 2. The number of benzene rings is 3. The molecule has 0 aliphatic carbocycles. The molecule has 0 saturated carbocycles. The maximum absolute atomic E-state index is 14.7. The number of fused-ring (bicyclic) bond motifs is 2. The van der Waals surface area contributed by atoms with E-state index in [2.05, 4.69) is 15.3 Å². The number of rotatable bonds is 3. The number of nitrogens with one attached hydrogen (secondary N) is 2. The molecule has 1 aromatic heterocycles. The highest BCUT2D eigenvalue weighted by molar-refractivity contribution is 6.20. The van der Waals surface area contributed by atoms with Gasteiger partial charge in [-0.3, -0.25) is 9.59 Å². The van der Waals surface area contributed by atoms with Gasteiger partial charge >= 0.3 is 0 Å². The minimum atomic E-state index is -1.22. The Balaban J connectivity index is 1.57. The fraction of sp³-hybridized carbons (Fsp3) is 0.115. The third-order valence-corrected chi connectivity index (χ3v) is 5.76. The van der Waals surface area contributed by atoms with Crippen LogP contribution in [0.1, 0.15) is 27.2 Å². The van der Waals surface area contributed by atoms with E-state index in [1.165, 1.54) is 11.0 Å². The fourth-order valence-corrected chi connectivity index (χ4v) is 4.05. The Bertz CT molecular complexity index is 1440. The first-order valence-corrected chi connectivity index (χ1v) is 10.5. The van der Waals surface area contributed by atoms with E-state index in [1.807, 2.05) is 25.1 Å². The molecule has 2 heterocycles.